The molecule has 11 heavy (non-hydrogen) atoms. The third-order valence-electron chi connectivity index (χ3n) is 1.60. The van der Waals surface area contributed by atoms with Gasteiger partial charge < -0.3 is 10.4 Å². The van der Waals surface area contributed by atoms with Crippen LogP contribution in [0, 0.1) is 0 Å². The summed E-state index contributed by atoms with van der Waals surface area (Å²) in [4.78, 5) is 0. The maximum absolute atomic E-state index is 8.81. The van der Waals surface area contributed by atoms with Crippen molar-refractivity contribution in [3.63, 3.8) is 0 Å². The lowest BCUT2D eigenvalue weighted by Crippen LogP contribution is -2.33. The Balaban J connectivity index is 3.07. The van der Waals surface area contributed by atoms with Gasteiger partial charge in [0.2, 0.25) is 0 Å². The molecule has 2 N–H and O–H groups in total. The topological polar surface area (TPSA) is 32.3 Å². The van der Waals surface area contributed by atoms with Crippen LogP contribution in [0.15, 0.2) is 0 Å². The van der Waals surface area contributed by atoms with Crippen molar-refractivity contribution >= 4 is 11.8 Å². The Hall–Kier alpha value is 0.270. The van der Waals surface area contributed by atoms with Gasteiger partial charge in [0.15, 0.2) is 0 Å². The summed E-state index contributed by atoms with van der Waals surface area (Å²) in [7, 11) is 0. The lowest BCUT2D eigenvalue weighted by atomic mass is 10.2. The first-order valence-corrected chi connectivity index (χ1v) is 5.42. The van der Waals surface area contributed by atoms with Crippen molar-refractivity contribution in [3.8, 4) is 0 Å². The Labute approximate surface area is 73.8 Å². The molecule has 0 aromatic heterocycles. The minimum Gasteiger partial charge on any atom is -0.395 e. The number of hydrogen-bond donors (Lipinski definition) is 2. The van der Waals surface area contributed by atoms with Crippen LogP contribution in [0.25, 0.3) is 0 Å². The SMILES string of the molecule is CCSCCNC(CC)CO. The van der Waals surface area contributed by atoms with E-state index in [0.29, 0.717) is 6.04 Å². The molecular weight excluding hydrogens is 158 g/mol. The van der Waals surface area contributed by atoms with E-state index < -0.39 is 0 Å². The van der Waals surface area contributed by atoms with Gasteiger partial charge in [0.1, 0.15) is 0 Å². The van der Waals surface area contributed by atoms with E-state index in [9.17, 15) is 0 Å². The second kappa shape index (κ2) is 8.37. The summed E-state index contributed by atoms with van der Waals surface area (Å²) in [5.74, 6) is 2.32. The minimum absolute atomic E-state index is 0.257. The zero-order chi connectivity index (χ0) is 8.53. The van der Waals surface area contributed by atoms with E-state index in [-0.39, 0.29) is 6.61 Å². The first kappa shape index (κ1) is 11.3. The van der Waals surface area contributed by atoms with Gasteiger partial charge in [-0.25, -0.2) is 0 Å². The van der Waals surface area contributed by atoms with Crippen molar-refractivity contribution in [2.45, 2.75) is 26.3 Å². The van der Waals surface area contributed by atoms with E-state index in [1.165, 1.54) is 5.75 Å². The van der Waals surface area contributed by atoms with Gasteiger partial charge in [-0.15, -0.1) is 0 Å². The zero-order valence-electron chi connectivity index (χ0n) is 7.47. The third-order valence-corrected chi connectivity index (χ3v) is 2.50. The van der Waals surface area contributed by atoms with Crippen LogP contribution in [0.3, 0.4) is 0 Å². The quantitative estimate of drug-likeness (QED) is 0.571. The van der Waals surface area contributed by atoms with Crippen LogP contribution in [0.1, 0.15) is 20.3 Å². The first-order valence-electron chi connectivity index (χ1n) is 4.27. The summed E-state index contributed by atoms with van der Waals surface area (Å²) in [6, 6.07) is 0.299. The maximum atomic E-state index is 8.81. The molecule has 0 aromatic rings. The van der Waals surface area contributed by atoms with Crippen LogP contribution in [0.4, 0.5) is 0 Å². The molecule has 0 amide bonds. The summed E-state index contributed by atoms with van der Waals surface area (Å²) in [6.45, 7) is 5.51. The van der Waals surface area contributed by atoms with Crippen LogP contribution in [-0.4, -0.2) is 35.8 Å². The predicted octanol–water partition coefficient (Wildman–Crippen LogP) is 1.10. The fourth-order valence-corrected chi connectivity index (χ4v) is 1.37. The van der Waals surface area contributed by atoms with Gasteiger partial charge in [0.25, 0.3) is 0 Å². The molecular formula is C8H19NOS. The van der Waals surface area contributed by atoms with Crippen LogP contribution in [-0.2, 0) is 0 Å². The average molecular weight is 177 g/mol. The standard InChI is InChI=1S/C8H19NOS/c1-3-8(7-10)9-5-6-11-4-2/h8-10H,3-7H2,1-2H3. The lowest BCUT2D eigenvalue weighted by Gasteiger charge is -2.12. The van der Waals surface area contributed by atoms with E-state index >= 15 is 0 Å². The second-order valence-electron chi connectivity index (χ2n) is 2.44. The van der Waals surface area contributed by atoms with Gasteiger partial charge >= 0.3 is 0 Å². The summed E-state index contributed by atoms with van der Waals surface area (Å²) < 4.78 is 0. The van der Waals surface area contributed by atoms with Crippen molar-refractivity contribution in [1.82, 2.24) is 5.32 Å². The Bertz CT molecular complexity index is 76.5. The van der Waals surface area contributed by atoms with Gasteiger partial charge in [-0.2, -0.15) is 11.8 Å². The molecule has 0 aliphatic heterocycles. The minimum atomic E-state index is 0.257. The van der Waals surface area contributed by atoms with Gasteiger partial charge in [-0.1, -0.05) is 13.8 Å². The Morgan fingerprint density at radius 1 is 1.45 bits per heavy atom. The highest BCUT2D eigenvalue weighted by atomic mass is 32.2. The molecule has 0 radical (unpaired) electrons. The average Bonchev–Trinajstić information content (AvgIpc) is 2.05. The van der Waals surface area contributed by atoms with Crippen molar-refractivity contribution in [1.29, 1.82) is 0 Å². The Morgan fingerprint density at radius 3 is 2.64 bits per heavy atom. The normalized spacial score (nSPS) is 13.4. The van der Waals surface area contributed by atoms with Crippen molar-refractivity contribution in [3.05, 3.63) is 0 Å². The van der Waals surface area contributed by atoms with E-state index in [0.717, 1.165) is 18.7 Å². The van der Waals surface area contributed by atoms with Crippen LogP contribution in [0.2, 0.25) is 0 Å². The smallest absolute Gasteiger partial charge is 0.0584 e. The van der Waals surface area contributed by atoms with Gasteiger partial charge in [0, 0.05) is 18.3 Å². The van der Waals surface area contributed by atoms with Crippen molar-refractivity contribution < 1.29 is 5.11 Å². The molecule has 0 heterocycles. The number of hydrogen-bond acceptors (Lipinski definition) is 3. The fourth-order valence-electron chi connectivity index (χ4n) is 0.818. The molecule has 1 unspecified atom stereocenters. The van der Waals surface area contributed by atoms with Crippen LogP contribution < -0.4 is 5.32 Å². The highest BCUT2D eigenvalue weighted by Gasteiger charge is 2.00. The molecule has 0 saturated carbocycles. The molecule has 0 aromatic carbocycles. The van der Waals surface area contributed by atoms with Crippen molar-refractivity contribution in [2.24, 2.45) is 0 Å². The summed E-state index contributed by atoms with van der Waals surface area (Å²) in [5, 5.41) is 12.1. The second-order valence-corrected chi connectivity index (χ2v) is 3.83. The van der Waals surface area contributed by atoms with Gasteiger partial charge in [-0.05, 0) is 12.2 Å². The molecule has 0 aliphatic carbocycles. The molecule has 0 bridgehead atoms. The molecule has 1 atom stereocenters. The predicted molar refractivity (Wildman–Crippen MR) is 52.2 cm³/mol. The van der Waals surface area contributed by atoms with E-state index in [1.54, 1.807) is 0 Å². The Kier molecular flexibility index (Phi) is 8.57. The van der Waals surface area contributed by atoms with E-state index in [4.69, 9.17) is 5.11 Å². The Morgan fingerprint density at radius 2 is 2.18 bits per heavy atom. The highest BCUT2D eigenvalue weighted by molar-refractivity contribution is 7.99. The fraction of sp³-hybridized carbons (Fsp3) is 1.00. The van der Waals surface area contributed by atoms with Crippen LogP contribution in [0.5, 0.6) is 0 Å². The summed E-state index contributed by atoms with van der Waals surface area (Å²) in [6.07, 6.45) is 1.01. The van der Waals surface area contributed by atoms with Crippen LogP contribution >= 0.6 is 11.8 Å². The monoisotopic (exact) mass is 177 g/mol. The molecule has 0 rings (SSSR count). The molecule has 0 spiro atoms. The lowest BCUT2D eigenvalue weighted by molar-refractivity contribution is 0.241. The largest absolute Gasteiger partial charge is 0.395 e. The molecule has 3 heteroatoms. The summed E-state index contributed by atoms with van der Waals surface area (Å²) >= 11 is 1.93. The number of aliphatic hydroxyl groups is 1. The third kappa shape index (κ3) is 6.66. The maximum Gasteiger partial charge on any atom is 0.0584 e. The zero-order valence-corrected chi connectivity index (χ0v) is 8.28. The van der Waals surface area contributed by atoms with Gasteiger partial charge in [0.05, 0.1) is 6.61 Å². The number of rotatable bonds is 7. The molecule has 68 valence electrons. The first-order chi connectivity index (χ1) is 5.35. The summed E-state index contributed by atoms with van der Waals surface area (Å²) in [5.41, 5.74) is 0. The number of nitrogens with one attached hydrogen (secondary N) is 1. The molecule has 0 saturated heterocycles. The molecule has 0 aliphatic rings. The number of aliphatic hydroxyl groups excluding tert-OH is 1. The molecule has 2 nitrogen and oxygen atoms in total. The highest BCUT2D eigenvalue weighted by Crippen LogP contribution is 1.96. The van der Waals surface area contributed by atoms with Gasteiger partial charge in [-0.3, -0.25) is 0 Å². The molecule has 0 fully saturated rings. The van der Waals surface area contributed by atoms with E-state index in [1.807, 2.05) is 11.8 Å². The number of thioether (sulfide) groups is 1. The van der Waals surface area contributed by atoms with Crippen molar-refractivity contribution in [2.75, 3.05) is 24.7 Å². The van der Waals surface area contributed by atoms with E-state index in [2.05, 4.69) is 19.2 Å².